The van der Waals surface area contributed by atoms with Gasteiger partial charge in [-0.15, -0.1) is 0 Å². The summed E-state index contributed by atoms with van der Waals surface area (Å²) in [6.07, 6.45) is 0. The predicted molar refractivity (Wildman–Crippen MR) is 108 cm³/mol. The van der Waals surface area contributed by atoms with Crippen LogP contribution < -0.4 is 15.0 Å². The van der Waals surface area contributed by atoms with Crippen molar-refractivity contribution in [2.24, 2.45) is 0 Å². The van der Waals surface area contributed by atoms with Crippen molar-refractivity contribution in [1.82, 2.24) is 10.2 Å². The minimum Gasteiger partial charge on any atom is -0.497 e. The molecule has 3 rings (SSSR count). The van der Waals surface area contributed by atoms with Gasteiger partial charge in [0.15, 0.2) is 0 Å². The van der Waals surface area contributed by atoms with E-state index < -0.39 is 0 Å². The Morgan fingerprint density at radius 1 is 1.12 bits per heavy atom. The number of nitrogens with one attached hydrogen (secondary N) is 1. The molecule has 0 atom stereocenters. The van der Waals surface area contributed by atoms with E-state index in [1.54, 1.807) is 7.11 Å². The Balaban J connectivity index is 1.43. The Morgan fingerprint density at radius 2 is 1.88 bits per heavy atom. The highest BCUT2D eigenvalue weighted by Crippen LogP contribution is 2.21. The minimum absolute atomic E-state index is 0.0590. The molecule has 6 heteroatoms. The molecule has 138 valence electrons. The standard InChI is InChI=1S/C20H24BrN3O2/c1-26-19-7-2-4-16(12-19)14-22-20(25)15-23-8-10-24(11-9-23)18-6-3-5-17(21)13-18/h2-7,12-13H,8-11,14-15H2,1H3,(H,22,25). The molecule has 0 spiro atoms. The van der Waals surface area contributed by atoms with E-state index in [2.05, 4.69) is 49.2 Å². The van der Waals surface area contributed by atoms with Gasteiger partial charge in [0.2, 0.25) is 5.91 Å². The number of methoxy groups -OCH3 is 1. The van der Waals surface area contributed by atoms with Crippen LogP contribution in [0.15, 0.2) is 53.0 Å². The van der Waals surface area contributed by atoms with E-state index in [9.17, 15) is 4.79 Å². The summed E-state index contributed by atoms with van der Waals surface area (Å²) in [6.45, 7) is 4.60. The molecule has 5 nitrogen and oxygen atoms in total. The van der Waals surface area contributed by atoms with Crippen molar-refractivity contribution >= 4 is 27.5 Å². The number of hydrogen-bond donors (Lipinski definition) is 1. The number of benzene rings is 2. The van der Waals surface area contributed by atoms with E-state index in [1.165, 1.54) is 5.69 Å². The molecule has 0 aliphatic carbocycles. The third-order valence-electron chi connectivity index (χ3n) is 4.54. The first kappa shape index (κ1) is 18.7. The zero-order valence-electron chi connectivity index (χ0n) is 15.0. The van der Waals surface area contributed by atoms with E-state index in [0.717, 1.165) is 42.0 Å². The van der Waals surface area contributed by atoms with Gasteiger partial charge in [0.25, 0.3) is 0 Å². The largest absolute Gasteiger partial charge is 0.497 e. The number of rotatable bonds is 6. The van der Waals surface area contributed by atoms with Crippen LogP contribution in [0.2, 0.25) is 0 Å². The van der Waals surface area contributed by atoms with Crippen LogP contribution in [0.5, 0.6) is 5.75 Å². The van der Waals surface area contributed by atoms with Gasteiger partial charge in [-0.2, -0.15) is 0 Å². The smallest absolute Gasteiger partial charge is 0.234 e. The SMILES string of the molecule is COc1cccc(CNC(=O)CN2CCN(c3cccc(Br)c3)CC2)c1. The highest BCUT2D eigenvalue weighted by molar-refractivity contribution is 9.10. The molecule has 0 aromatic heterocycles. The Kier molecular flexibility index (Phi) is 6.52. The number of amides is 1. The van der Waals surface area contributed by atoms with Crippen molar-refractivity contribution < 1.29 is 9.53 Å². The third-order valence-corrected chi connectivity index (χ3v) is 5.03. The fourth-order valence-corrected chi connectivity index (χ4v) is 3.47. The molecular formula is C20H24BrN3O2. The van der Waals surface area contributed by atoms with Gasteiger partial charge in [-0.25, -0.2) is 0 Å². The van der Waals surface area contributed by atoms with Crippen LogP contribution in [0.3, 0.4) is 0 Å². The normalized spacial score (nSPS) is 14.9. The van der Waals surface area contributed by atoms with Gasteiger partial charge < -0.3 is 15.0 Å². The maximum absolute atomic E-state index is 12.2. The zero-order chi connectivity index (χ0) is 18.4. The van der Waals surface area contributed by atoms with Crippen LogP contribution in [0, 0.1) is 0 Å². The van der Waals surface area contributed by atoms with E-state index in [4.69, 9.17) is 4.74 Å². The molecule has 0 saturated carbocycles. The molecule has 1 aliphatic heterocycles. The Hall–Kier alpha value is -2.05. The number of carbonyl (C=O) groups is 1. The van der Waals surface area contributed by atoms with Crippen LogP contribution in [-0.2, 0) is 11.3 Å². The first-order valence-corrected chi connectivity index (χ1v) is 9.56. The molecule has 26 heavy (non-hydrogen) atoms. The van der Waals surface area contributed by atoms with Crippen molar-refractivity contribution in [2.75, 3.05) is 44.7 Å². The van der Waals surface area contributed by atoms with Gasteiger partial charge in [0, 0.05) is 42.9 Å². The van der Waals surface area contributed by atoms with Crippen LogP contribution in [0.4, 0.5) is 5.69 Å². The summed E-state index contributed by atoms with van der Waals surface area (Å²) in [5, 5.41) is 2.99. The summed E-state index contributed by atoms with van der Waals surface area (Å²) in [5.74, 6) is 0.865. The van der Waals surface area contributed by atoms with Gasteiger partial charge in [-0.3, -0.25) is 9.69 Å². The molecule has 2 aromatic carbocycles. The Bertz CT molecular complexity index is 745. The lowest BCUT2D eigenvalue weighted by molar-refractivity contribution is -0.122. The number of halogens is 1. The van der Waals surface area contributed by atoms with Gasteiger partial charge >= 0.3 is 0 Å². The lowest BCUT2D eigenvalue weighted by Gasteiger charge is -2.35. The second-order valence-corrected chi connectivity index (χ2v) is 7.29. The summed E-state index contributed by atoms with van der Waals surface area (Å²) < 4.78 is 6.30. The van der Waals surface area contributed by atoms with Gasteiger partial charge in [-0.05, 0) is 35.9 Å². The van der Waals surface area contributed by atoms with E-state index in [-0.39, 0.29) is 5.91 Å². The molecule has 0 unspecified atom stereocenters. The molecule has 1 aliphatic rings. The second-order valence-electron chi connectivity index (χ2n) is 6.37. The predicted octanol–water partition coefficient (Wildman–Crippen LogP) is 2.90. The first-order chi connectivity index (χ1) is 12.6. The number of anilines is 1. The Morgan fingerprint density at radius 3 is 2.62 bits per heavy atom. The average Bonchev–Trinajstić information content (AvgIpc) is 2.67. The summed E-state index contributed by atoms with van der Waals surface area (Å²) in [6, 6.07) is 16.1. The monoisotopic (exact) mass is 417 g/mol. The number of ether oxygens (including phenoxy) is 1. The maximum Gasteiger partial charge on any atom is 0.234 e. The van der Waals surface area contributed by atoms with Crippen molar-refractivity contribution in [2.45, 2.75) is 6.54 Å². The summed E-state index contributed by atoms with van der Waals surface area (Å²) >= 11 is 3.52. The molecule has 1 fully saturated rings. The summed E-state index contributed by atoms with van der Waals surface area (Å²) in [5.41, 5.74) is 2.26. The molecule has 2 aromatic rings. The van der Waals surface area contributed by atoms with Gasteiger partial charge in [-0.1, -0.05) is 34.1 Å². The number of nitrogens with zero attached hydrogens (tertiary/aromatic N) is 2. The fourth-order valence-electron chi connectivity index (χ4n) is 3.08. The lowest BCUT2D eigenvalue weighted by atomic mass is 10.2. The number of carbonyl (C=O) groups excluding carboxylic acids is 1. The highest BCUT2D eigenvalue weighted by Gasteiger charge is 2.19. The minimum atomic E-state index is 0.0590. The second kappa shape index (κ2) is 9.05. The summed E-state index contributed by atoms with van der Waals surface area (Å²) in [7, 11) is 1.64. The Labute approximate surface area is 163 Å². The first-order valence-electron chi connectivity index (χ1n) is 8.76. The van der Waals surface area contributed by atoms with Crippen molar-refractivity contribution in [1.29, 1.82) is 0 Å². The van der Waals surface area contributed by atoms with Crippen molar-refractivity contribution in [3.05, 3.63) is 58.6 Å². The van der Waals surface area contributed by atoms with Gasteiger partial charge in [0.1, 0.15) is 5.75 Å². The average molecular weight is 418 g/mol. The molecular weight excluding hydrogens is 394 g/mol. The van der Waals surface area contributed by atoms with E-state index in [1.807, 2.05) is 30.3 Å². The van der Waals surface area contributed by atoms with E-state index in [0.29, 0.717) is 13.1 Å². The fraction of sp³-hybridized carbons (Fsp3) is 0.350. The molecule has 1 amide bonds. The quantitative estimate of drug-likeness (QED) is 0.784. The number of piperazine rings is 1. The zero-order valence-corrected chi connectivity index (χ0v) is 16.5. The third kappa shape index (κ3) is 5.22. The molecule has 0 radical (unpaired) electrons. The maximum atomic E-state index is 12.2. The topological polar surface area (TPSA) is 44.8 Å². The lowest BCUT2D eigenvalue weighted by Crippen LogP contribution is -2.49. The molecule has 0 bridgehead atoms. The van der Waals surface area contributed by atoms with E-state index >= 15 is 0 Å². The van der Waals surface area contributed by atoms with Gasteiger partial charge in [0.05, 0.1) is 13.7 Å². The van der Waals surface area contributed by atoms with Crippen LogP contribution in [-0.4, -0.2) is 50.6 Å². The molecule has 1 N–H and O–H groups in total. The molecule has 1 saturated heterocycles. The molecule has 1 heterocycles. The van der Waals surface area contributed by atoms with Crippen LogP contribution in [0.1, 0.15) is 5.56 Å². The highest BCUT2D eigenvalue weighted by atomic mass is 79.9. The number of hydrogen-bond acceptors (Lipinski definition) is 4. The van der Waals surface area contributed by atoms with Crippen molar-refractivity contribution in [3.63, 3.8) is 0 Å². The van der Waals surface area contributed by atoms with Crippen LogP contribution >= 0.6 is 15.9 Å². The van der Waals surface area contributed by atoms with Crippen LogP contribution in [0.25, 0.3) is 0 Å². The van der Waals surface area contributed by atoms with Crippen molar-refractivity contribution in [3.8, 4) is 5.75 Å². The summed E-state index contributed by atoms with van der Waals surface area (Å²) in [4.78, 5) is 16.8.